The molecule has 0 aliphatic rings. The van der Waals surface area contributed by atoms with Crippen LogP contribution in [0.4, 0.5) is 5.69 Å². The normalized spacial score (nSPS) is 10.8. The minimum absolute atomic E-state index is 0.229. The molecule has 8 heteroatoms. The summed E-state index contributed by atoms with van der Waals surface area (Å²) in [6.07, 6.45) is 13.9. The Balaban J connectivity index is 1.73. The molecule has 3 aromatic rings. The molecule has 196 valence electrons. The highest BCUT2D eigenvalue weighted by molar-refractivity contribution is 6.05. The van der Waals surface area contributed by atoms with E-state index in [4.69, 9.17) is 5.73 Å². The highest BCUT2D eigenvalue weighted by Crippen LogP contribution is 2.24. The zero-order valence-corrected chi connectivity index (χ0v) is 21.4. The number of nitrogens with zero attached hydrogens (tertiary/aromatic N) is 2. The lowest BCUT2D eigenvalue weighted by molar-refractivity contribution is -0.141. The van der Waals surface area contributed by atoms with Crippen molar-refractivity contribution in [3.05, 3.63) is 82.5 Å². The minimum atomic E-state index is -0.546. The van der Waals surface area contributed by atoms with Crippen LogP contribution in [-0.2, 0) is 22.5 Å². The summed E-state index contributed by atoms with van der Waals surface area (Å²) in [5.74, 6) is -0.842. The van der Waals surface area contributed by atoms with Crippen LogP contribution < -0.4 is 16.6 Å². The van der Waals surface area contributed by atoms with Gasteiger partial charge in [-0.15, -0.1) is 0 Å². The molecule has 0 atom stereocenters. The Kier molecular flexibility index (Phi) is 11.0. The summed E-state index contributed by atoms with van der Waals surface area (Å²) >= 11 is 0. The van der Waals surface area contributed by atoms with Crippen LogP contribution in [0.1, 0.15) is 60.9 Å². The number of anilines is 1. The van der Waals surface area contributed by atoms with Gasteiger partial charge in [0.25, 0.3) is 11.5 Å². The molecule has 0 fully saturated rings. The van der Waals surface area contributed by atoms with Gasteiger partial charge in [0.1, 0.15) is 6.54 Å². The zero-order valence-electron chi connectivity index (χ0n) is 21.4. The van der Waals surface area contributed by atoms with Gasteiger partial charge in [0.2, 0.25) is 0 Å². The number of amides is 1. The number of methoxy groups -OCH3 is 1. The molecule has 0 aliphatic heterocycles. The summed E-state index contributed by atoms with van der Waals surface area (Å²) in [5, 5.41) is 2.85. The highest BCUT2D eigenvalue weighted by atomic mass is 16.5. The van der Waals surface area contributed by atoms with Gasteiger partial charge in [-0.2, -0.15) is 0 Å². The van der Waals surface area contributed by atoms with Crippen molar-refractivity contribution in [1.82, 2.24) is 9.55 Å². The van der Waals surface area contributed by atoms with Crippen LogP contribution in [0.25, 0.3) is 11.1 Å². The van der Waals surface area contributed by atoms with E-state index in [1.165, 1.54) is 55.7 Å². The Morgan fingerprint density at radius 2 is 1.73 bits per heavy atom. The van der Waals surface area contributed by atoms with Crippen molar-refractivity contribution in [2.45, 2.75) is 57.9 Å². The maximum atomic E-state index is 13.2. The molecule has 2 aromatic heterocycles. The van der Waals surface area contributed by atoms with Gasteiger partial charge in [0.05, 0.1) is 12.8 Å². The average Bonchev–Trinajstić information content (AvgIpc) is 2.92. The van der Waals surface area contributed by atoms with Gasteiger partial charge in [0.15, 0.2) is 0 Å². The van der Waals surface area contributed by atoms with Crippen LogP contribution in [0, 0.1) is 0 Å². The third-order valence-corrected chi connectivity index (χ3v) is 6.19. The SMILES string of the molecule is COC(=O)Cn1cc(NC(=O)c2cc(CCCCCCCCCN)cc(-c3cccnc3)c2)ccc1=O. The van der Waals surface area contributed by atoms with Gasteiger partial charge in [-0.3, -0.25) is 19.4 Å². The monoisotopic (exact) mass is 504 g/mol. The molecule has 8 nitrogen and oxygen atoms in total. The number of benzene rings is 1. The van der Waals surface area contributed by atoms with E-state index in [0.717, 1.165) is 48.9 Å². The summed E-state index contributed by atoms with van der Waals surface area (Å²) in [6, 6.07) is 12.6. The number of carbonyl (C=O) groups is 2. The lowest BCUT2D eigenvalue weighted by Gasteiger charge is -2.12. The predicted molar refractivity (Wildman–Crippen MR) is 145 cm³/mol. The molecule has 0 spiro atoms. The first kappa shape index (κ1) is 27.8. The number of carbonyl (C=O) groups excluding carboxylic acids is 2. The molecule has 0 saturated carbocycles. The van der Waals surface area contributed by atoms with Crippen LogP contribution in [0.5, 0.6) is 0 Å². The van der Waals surface area contributed by atoms with Crippen molar-refractivity contribution in [3.63, 3.8) is 0 Å². The number of nitrogens with two attached hydrogens (primary N) is 1. The van der Waals surface area contributed by atoms with Crippen molar-refractivity contribution in [2.24, 2.45) is 5.73 Å². The second kappa shape index (κ2) is 14.7. The maximum Gasteiger partial charge on any atom is 0.325 e. The van der Waals surface area contributed by atoms with E-state index in [0.29, 0.717) is 11.3 Å². The van der Waals surface area contributed by atoms with Crippen LogP contribution in [0.3, 0.4) is 0 Å². The van der Waals surface area contributed by atoms with Crippen molar-refractivity contribution in [3.8, 4) is 11.1 Å². The Labute approximate surface area is 217 Å². The smallest absolute Gasteiger partial charge is 0.325 e. The average molecular weight is 505 g/mol. The molecule has 0 unspecified atom stereocenters. The van der Waals surface area contributed by atoms with Crippen molar-refractivity contribution in [1.29, 1.82) is 0 Å². The van der Waals surface area contributed by atoms with E-state index < -0.39 is 5.97 Å². The fraction of sp³-hybridized carbons (Fsp3) is 0.379. The van der Waals surface area contributed by atoms with Crippen molar-refractivity contribution < 1.29 is 14.3 Å². The van der Waals surface area contributed by atoms with Crippen LogP contribution in [0.2, 0.25) is 0 Å². The number of ether oxygens (including phenoxy) is 1. The first-order valence-electron chi connectivity index (χ1n) is 12.8. The van der Waals surface area contributed by atoms with Crippen LogP contribution in [0.15, 0.2) is 65.8 Å². The molecule has 3 N–H and O–H groups in total. The number of aromatic nitrogens is 2. The highest BCUT2D eigenvalue weighted by Gasteiger charge is 2.12. The molecule has 0 aliphatic carbocycles. The van der Waals surface area contributed by atoms with Crippen molar-refractivity contribution >= 4 is 17.6 Å². The number of esters is 1. The number of unbranched alkanes of at least 4 members (excludes halogenated alkanes) is 6. The van der Waals surface area contributed by atoms with E-state index in [-0.39, 0.29) is 18.0 Å². The second-order valence-corrected chi connectivity index (χ2v) is 9.09. The minimum Gasteiger partial charge on any atom is -0.468 e. The van der Waals surface area contributed by atoms with Crippen LogP contribution in [-0.4, -0.2) is 35.1 Å². The molecular formula is C29H36N4O4. The number of hydrogen-bond donors (Lipinski definition) is 2. The third-order valence-electron chi connectivity index (χ3n) is 6.19. The Hall–Kier alpha value is -3.78. The first-order chi connectivity index (χ1) is 18.0. The maximum absolute atomic E-state index is 13.2. The first-order valence-corrected chi connectivity index (χ1v) is 12.8. The van der Waals surface area contributed by atoms with E-state index in [1.54, 1.807) is 12.4 Å². The predicted octanol–water partition coefficient (Wildman–Crippen LogP) is 4.57. The molecule has 1 amide bonds. The number of nitrogens with one attached hydrogen (secondary N) is 1. The van der Waals surface area contributed by atoms with E-state index in [9.17, 15) is 14.4 Å². The second-order valence-electron chi connectivity index (χ2n) is 9.09. The number of rotatable bonds is 14. The lowest BCUT2D eigenvalue weighted by Crippen LogP contribution is -2.24. The summed E-state index contributed by atoms with van der Waals surface area (Å²) in [7, 11) is 1.26. The summed E-state index contributed by atoms with van der Waals surface area (Å²) in [6.45, 7) is 0.535. The molecule has 0 bridgehead atoms. The molecule has 0 saturated heterocycles. The summed E-state index contributed by atoms with van der Waals surface area (Å²) < 4.78 is 5.84. The molecule has 1 aromatic carbocycles. The zero-order chi connectivity index (χ0) is 26.5. The standard InChI is InChI=1S/C29H36N4O4/c1-37-28(35)21-33-20-26(12-13-27(33)34)32-29(36)25-17-22(10-7-5-3-2-4-6-8-14-30)16-24(18-25)23-11-9-15-31-19-23/h9,11-13,15-20H,2-8,10,14,21,30H2,1H3,(H,32,36). The van der Waals surface area contributed by atoms with Gasteiger partial charge < -0.3 is 20.4 Å². The van der Waals surface area contributed by atoms with E-state index in [2.05, 4.69) is 21.1 Å². The number of pyridine rings is 2. The molecular weight excluding hydrogens is 468 g/mol. The van der Waals surface area contributed by atoms with Gasteiger partial charge in [-0.05, 0) is 61.2 Å². The third kappa shape index (κ3) is 8.99. The topological polar surface area (TPSA) is 116 Å². The van der Waals surface area contributed by atoms with Crippen molar-refractivity contribution in [2.75, 3.05) is 19.0 Å². The quantitative estimate of drug-likeness (QED) is 0.245. The Bertz CT molecular complexity index is 1220. The fourth-order valence-corrected chi connectivity index (χ4v) is 4.16. The van der Waals surface area contributed by atoms with Crippen LogP contribution >= 0.6 is 0 Å². The molecule has 2 heterocycles. The van der Waals surface area contributed by atoms with Gasteiger partial charge in [-0.1, -0.05) is 44.2 Å². The summed E-state index contributed by atoms with van der Waals surface area (Å²) in [4.78, 5) is 41.1. The molecule has 0 radical (unpaired) electrons. The van der Waals surface area contributed by atoms with Gasteiger partial charge in [0, 0.05) is 35.8 Å². The molecule has 3 rings (SSSR count). The van der Waals surface area contributed by atoms with E-state index in [1.807, 2.05) is 24.3 Å². The van der Waals surface area contributed by atoms with Gasteiger partial charge in [-0.25, -0.2) is 0 Å². The Morgan fingerprint density at radius 1 is 0.973 bits per heavy atom. The number of aryl methyl sites for hydroxylation is 1. The van der Waals surface area contributed by atoms with Gasteiger partial charge >= 0.3 is 5.97 Å². The number of hydrogen-bond acceptors (Lipinski definition) is 6. The van der Waals surface area contributed by atoms with E-state index >= 15 is 0 Å². The molecule has 37 heavy (non-hydrogen) atoms. The summed E-state index contributed by atoms with van der Waals surface area (Å²) in [5.41, 5.74) is 9.08. The Morgan fingerprint density at radius 3 is 2.43 bits per heavy atom. The lowest BCUT2D eigenvalue weighted by atomic mass is 9.97. The fourth-order valence-electron chi connectivity index (χ4n) is 4.16. The largest absolute Gasteiger partial charge is 0.468 e.